The van der Waals surface area contributed by atoms with Crippen LogP contribution in [0, 0.1) is 0 Å². The van der Waals surface area contributed by atoms with Crippen LogP contribution >= 0.6 is 0 Å². The summed E-state index contributed by atoms with van der Waals surface area (Å²) in [5, 5.41) is 0.716. The fraction of sp³-hybridized carbons (Fsp3) is 0.143. The first kappa shape index (κ1) is 6.66. The molecule has 0 bridgehead atoms. The van der Waals surface area contributed by atoms with Gasteiger partial charge in [0.05, 0.1) is 0 Å². The number of hydrogen-bond donors (Lipinski definition) is 0. The van der Waals surface area contributed by atoms with Crippen molar-refractivity contribution in [2.24, 2.45) is 0 Å². The first-order valence-electron chi connectivity index (χ1n) is 2.72. The average Bonchev–Trinajstić information content (AvgIpc) is 1.91. The molecule has 0 aliphatic carbocycles. The molecule has 0 spiro atoms. The molecule has 1 nitrogen and oxygen atoms in total. The summed E-state index contributed by atoms with van der Waals surface area (Å²) in [5.41, 5.74) is 1.16. The summed E-state index contributed by atoms with van der Waals surface area (Å²) >= 11 is -0.471. The second kappa shape index (κ2) is 3.54. The Kier molecular flexibility index (Phi) is 2.62. The fourth-order valence-corrected chi connectivity index (χ4v) is 1.33. The van der Waals surface area contributed by atoms with Crippen molar-refractivity contribution < 1.29 is 3.83 Å². The van der Waals surface area contributed by atoms with Crippen LogP contribution in [-0.2, 0) is 9.15 Å². The molecule has 0 aliphatic rings. The molecule has 2 heteroatoms. The van der Waals surface area contributed by atoms with Gasteiger partial charge in [-0.2, -0.15) is 0 Å². The molecule has 0 fully saturated rings. The predicted octanol–water partition coefficient (Wildman–Crippen LogP) is 1.24. The molecule has 0 saturated carbocycles. The number of rotatable bonds is 2. The third-order valence-corrected chi connectivity index (χ3v) is 2.02. The van der Waals surface area contributed by atoms with E-state index in [9.17, 15) is 3.83 Å². The standard InChI is InChI=1S/C7H7OSe/c8-9-6-7-4-2-1-3-5-7/h1-5H,6H2/q+1. The van der Waals surface area contributed by atoms with Crippen molar-refractivity contribution in [1.82, 2.24) is 0 Å². The zero-order chi connectivity index (χ0) is 6.53. The Morgan fingerprint density at radius 3 is 2.44 bits per heavy atom. The van der Waals surface area contributed by atoms with E-state index in [4.69, 9.17) is 0 Å². The minimum atomic E-state index is -0.471. The van der Waals surface area contributed by atoms with Gasteiger partial charge in [0, 0.05) is 0 Å². The van der Waals surface area contributed by atoms with E-state index in [-0.39, 0.29) is 0 Å². The summed E-state index contributed by atoms with van der Waals surface area (Å²) in [6.45, 7) is 0. The van der Waals surface area contributed by atoms with E-state index in [0.717, 1.165) is 5.56 Å². The summed E-state index contributed by atoms with van der Waals surface area (Å²) in [4.78, 5) is 0. The number of hydrogen-bond acceptors (Lipinski definition) is 1. The van der Waals surface area contributed by atoms with Gasteiger partial charge >= 0.3 is 59.9 Å². The Labute approximate surface area is 60.4 Å². The van der Waals surface area contributed by atoms with E-state index in [1.807, 2.05) is 30.3 Å². The van der Waals surface area contributed by atoms with Crippen molar-refractivity contribution in [2.45, 2.75) is 5.32 Å². The van der Waals surface area contributed by atoms with Crippen LogP contribution in [0.4, 0.5) is 0 Å². The van der Waals surface area contributed by atoms with Gasteiger partial charge in [-0.25, -0.2) is 0 Å². The molecule has 46 valence electrons. The first-order chi connectivity index (χ1) is 4.43. The van der Waals surface area contributed by atoms with E-state index in [2.05, 4.69) is 0 Å². The molecule has 1 aromatic carbocycles. The molecule has 1 rings (SSSR count). The molecule has 0 unspecified atom stereocenters. The molecular weight excluding hydrogens is 179 g/mol. The summed E-state index contributed by atoms with van der Waals surface area (Å²) in [5.74, 6) is 0. The predicted molar refractivity (Wildman–Crippen MR) is 36.6 cm³/mol. The summed E-state index contributed by atoms with van der Waals surface area (Å²) in [6.07, 6.45) is 0. The van der Waals surface area contributed by atoms with Gasteiger partial charge in [-0.05, 0) is 0 Å². The molecule has 0 amide bonds. The van der Waals surface area contributed by atoms with E-state index < -0.39 is 14.9 Å². The first-order valence-corrected chi connectivity index (χ1v) is 4.63. The molecule has 0 aromatic heterocycles. The second-order valence-electron chi connectivity index (χ2n) is 1.75. The average molecular weight is 186 g/mol. The van der Waals surface area contributed by atoms with E-state index in [0.29, 0.717) is 5.32 Å². The third-order valence-electron chi connectivity index (χ3n) is 1.07. The Morgan fingerprint density at radius 2 is 1.89 bits per heavy atom. The maximum atomic E-state index is 10.2. The van der Waals surface area contributed by atoms with Crippen molar-refractivity contribution in [2.75, 3.05) is 0 Å². The van der Waals surface area contributed by atoms with E-state index in [1.54, 1.807) is 0 Å². The Morgan fingerprint density at radius 1 is 1.22 bits per heavy atom. The van der Waals surface area contributed by atoms with Gasteiger partial charge in [-0.15, -0.1) is 0 Å². The van der Waals surface area contributed by atoms with Crippen LogP contribution in [0.15, 0.2) is 30.3 Å². The van der Waals surface area contributed by atoms with Gasteiger partial charge in [-0.3, -0.25) is 0 Å². The van der Waals surface area contributed by atoms with Crippen molar-refractivity contribution in [1.29, 1.82) is 0 Å². The molecule has 0 atom stereocenters. The van der Waals surface area contributed by atoms with Gasteiger partial charge in [0.15, 0.2) is 0 Å². The molecule has 0 N–H and O–H groups in total. The molecule has 9 heavy (non-hydrogen) atoms. The normalized spacial score (nSPS) is 8.89. The molecule has 0 radical (unpaired) electrons. The van der Waals surface area contributed by atoms with Gasteiger partial charge in [0.25, 0.3) is 0 Å². The van der Waals surface area contributed by atoms with Crippen LogP contribution in [0.5, 0.6) is 0 Å². The molecule has 0 aliphatic heterocycles. The van der Waals surface area contributed by atoms with Crippen LogP contribution in [0.3, 0.4) is 0 Å². The van der Waals surface area contributed by atoms with Crippen LogP contribution in [0.1, 0.15) is 5.56 Å². The van der Waals surface area contributed by atoms with Crippen LogP contribution < -0.4 is 0 Å². The fourth-order valence-electron chi connectivity index (χ4n) is 0.642. The quantitative estimate of drug-likeness (QED) is 0.635. The van der Waals surface area contributed by atoms with Crippen molar-refractivity contribution in [3.63, 3.8) is 0 Å². The third kappa shape index (κ3) is 2.08. The maximum absolute atomic E-state index is 10.2. The van der Waals surface area contributed by atoms with E-state index in [1.165, 1.54) is 0 Å². The molecule has 0 saturated heterocycles. The molecule has 1 aromatic rings. The van der Waals surface area contributed by atoms with Gasteiger partial charge in [-0.1, -0.05) is 0 Å². The Hall–Kier alpha value is -0.461. The molecule has 0 heterocycles. The summed E-state index contributed by atoms with van der Waals surface area (Å²) < 4.78 is 10.2. The van der Waals surface area contributed by atoms with Gasteiger partial charge in [0.2, 0.25) is 0 Å². The second-order valence-corrected chi connectivity index (χ2v) is 2.85. The summed E-state index contributed by atoms with van der Waals surface area (Å²) in [6, 6.07) is 9.85. The van der Waals surface area contributed by atoms with Crippen molar-refractivity contribution >= 4 is 14.9 Å². The Bertz CT molecular complexity index is 183. The topological polar surface area (TPSA) is 17.1 Å². The Balaban J connectivity index is 2.72. The van der Waals surface area contributed by atoms with Crippen molar-refractivity contribution in [3.05, 3.63) is 35.9 Å². The zero-order valence-electron chi connectivity index (χ0n) is 4.91. The minimum absolute atomic E-state index is 0.471. The molecular formula is C7H7OSe+. The van der Waals surface area contributed by atoms with Crippen LogP contribution in [0.25, 0.3) is 0 Å². The van der Waals surface area contributed by atoms with Crippen LogP contribution in [0.2, 0.25) is 0 Å². The zero-order valence-corrected chi connectivity index (χ0v) is 6.62. The SMILES string of the molecule is O=[Se+]Cc1ccccc1. The van der Waals surface area contributed by atoms with Gasteiger partial charge < -0.3 is 0 Å². The monoisotopic (exact) mass is 187 g/mol. The summed E-state index contributed by atoms with van der Waals surface area (Å²) in [7, 11) is 0. The number of benzene rings is 1. The van der Waals surface area contributed by atoms with Crippen molar-refractivity contribution in [3.8, 4) is 0 Å². The van der Waals surface area contributed by atoms with Gasteiger partial charge in [0.1, 0.15) is 0 Å². The van der Waals surface area contributed by atoms with E-state index >= 15 is 0 Å². The van der Waals surface area contributed by atoms with Crippen LogP contribution in [-0.4, -0.2) is 14.9 Å².